The van der Waals surface area contributed by atoms with Gasteiger partial charge in [-0.05, 0) is 25.7 Å². The van der Waals surface area contributed by atoms with Crippen molar-refractivity contribution in [1.29, 1.82) is 0 Å². The predicted octanol–water partition coefficient (Wildman–Crippen LogP) is 0.549. The van der Waals surface area contributed by atoms with Gasteiger partial charge in [-0.25, -0.2) is 0 Å². The average molecular weight is 227 g/mol. The molecule has 1 fully saturated rings. The van der Waals surface area contributed by atoms with Gasteiger partial charge in [-0.3, -0.25) is 0 Å². The van der Waals surface area contributed by atoms with Crippen LogP contribution in [0.4, 0.5) is 0 Å². The molecule has 6 nitrogen and oxygen atoms in total. The van der Waals surface area contributed by atoms with E-state index in [0.717, 1.165) is 12.8 Å². The van der Waals surface area contributed by atoms with E-state index in [1.165, 1.54) is 0 Å². The fraction of sp³-hybridized carbons (Fsp3) is 0.800. The van der Waals surface area contributed by atoms with Crippen molar-refractivity contribution in [3.63, 3.8) is 0 Å². The molecule has 0 spiro atoms. The van der Waals surface area contributed by atoms with Crippen LogP contribution in [0.5, 0.6) is 0 Å². The van der Waals surface area contributed by atoms with Gasteiger partial charge in [-0.15, -0.1) is 0 Å². The number of nitrogens with zero attached hydrogens (tertiary/aromatic N) is 2. The molecule has 1 heterocycles. The van der Waals surface area contributed by atoms with Crippen LogP contribution < -0.4 is 5.73 Å². The van der Waals surface area contributed by atoms with Gasteiger partial charge in [0.15, 0.2) is 0 Å². The molecule has 1 aromatic rings. The number of hydrogen-bond donors (Lipinski definition) is 2. The molecule has 16 heavy (non-hydrogen) atoms. The SMILES string of the molecule is CCOC(c1noc([C@H](N)CO)n1)C1CC1. The number of nitrogens with two attached hydrogens (primary N) is 1. The van der Waals surface area contributed by atoms with Crippen LogP contribution in [0.2, 0.25) is 0 Å². The van der Waals surface area contributed by atoms with Crippen LogP contribution >= 0.6 is 0 Å². The van der Waals surface area contributed by atoms with E-state index >= 15 is 0 Å². The Balaban J connectivity index is 2.09. The van der Waals surface area contributed by atoms with Crippen LogP contribution in [0.15, 0.2) is 4.52 Å². The van der Waals surface area contributed by atoms with E-state index in [1.54, 1.807) is 0 Å². The molecule has 2 rings (SSSR count). The summed E-state index contributed by atoms with van der Waals surface area (Å²) in [5.74, 6) is 1.31. The van der Waals surface area contributed by atoms with E-state index in [1.807, 2.05) is 6.92 Å². The number of aromatic nitrogens is 2. The van der Waals surface area contributed by atoms with Crippen molar-refractivity contribution in [2.45, 2.75) is 31.9 Å². The summed E-state index contributed by atoms with van der Waals surface area (Å²) in [6, 6.07) is -0.609. The molecular weight excluding hydrogens is 210 g/mol. The van der Waals surface area contributed by atoms with E-state index in [9.17, 15) is 0 Å². The largest absolute Gasteiger partial charge is 0.394 e. The molecule has 0 bridgehead atoms. The van der Waals surface area contributed by atoms with Gasteiger partial charge in [0.2, 0.25) is 11.7 Å². The molecule has 1 unspecified atom stereocenters. The zero-order valence-corrected chi connectivity index (χ0v) is 9.30. The van der Waals surface area contributed by atoms with Crippen LogP contribution in [-0.4, -0.2) is 28.5 Å². The van der Waals surface area contributed by atoms with Crippen molar-refractivity contribution in [2.75, 3.05) is 13.2 Å². The van der Waals surface area contributed by atoms with Gasteiger partial charge >= 0.3 is 0 Å². The number of aliphatic hydroxyl groups is 1. The molecule has 1 saturated carbocycles. The lowest BCUT2D eigenvalue weighted by Gasteiger charge is -2.11. The van der Waals surface area contributed by atoms with Gasteiger partial charge in [0.25, 0.3) is 0 Å². The Bertz CT molecular complexity index is 338. The molecule has 3 N–H and O–H groups in total. The third kappa shape index (κ3) is 2.40. The summed E-state index contributed by atoms with van der Waals surface area (Å²) in [4.78, 5) is 4.17. The van der Waals surface area contributed by atoms with Crippen molar-refractivity contribution in [3.8, 4) is 0 Å². The fourth-order valence-electron chi connectivity index (χ4n) is 1.59. The van der Waals surface area contributed by atoms with Crippen molar-refractivity contribution < 1.29 is 14.4 Å². The van der Waals surface area contributed by atoms with Crippen LogP contribution in [0.1, 0.15) is 43.6 Å². The normalized spacial score (nSPS) is 19.7. The molecule has 6 heteroatoms. The van der Waals surface area contributed by atoms with Gasteiger partial charge in [0.05, 0.1) is 6.61 Å². The highest BCUT2D eigenvalue weighted by Crippen LogP contribution is 2.42. The number of ether oxygens (including phenoxy) is 1. The summed E-state index contributed by atoms with van der Waals surface area (Å²) in [6.45, 7) is 2.36. The zero-order valence-electron chi connectivity index (χ0n) is 9.30. The maximum absolute atomic E-state index is 8.88. The molecule has 1 aliphatic rings. The first-order chi connectivity index (χ1) is 7.76. The standard InChI is InChI=1S/C10H17N3O3/c1-2-15-8(6-3-4-6)9-12-10(16-13-9)7(11)5-14/h6-8,14H,2-5,11H2,1H3/t7-,8?/m1/s1. The average Bonchev–Trinajstić information content (AvgIpc) is 3.02. The molecule has 2 atom stereocenters. The minimum absolute atomic E-state index is 0.0895. The maximum atomic E-state index is 8.88. The van der Waals surface area contributed by atoms with Crippen molar-refractivity contribution in [1.82, 2.24) is 10.1 Å². The maximum Gasteiger partial charge on any atom is 0.246 e. The molecule has 1 aliphatic carbocycles. The van der Waals surface area contributed by atoms with Crippen LogP contribution in [-0.2, 0) is 4.74 Å². The Morgan fingerprint density at radius 2 is 2.38 bits per heavy atom. The van der Waals surface area contributed by atoms with Crippen molar-refractivity contribution in [3.05, 3.63) is 11.7 Å². The van der Waals surface area contributed by atoms with Crippen LogP contribution in [0, 0.1) is 5.92 Å². The summed E-state index contributed by atoms with van der Waals surface area (Å²) >= 11 is 0. The zero-order chi connectivity index (χ0) is 11.5. The highest BCUT2D eigenvalue weighted by atomic mass is 16.5. The number of hydrogen-bond acceptors (Lipinski definition) is 6. The van der Waals surface area contributed by atoms with Gasteiger partial charge in [-0.1, -0.05) is 5.16 Å². The van der Waals surface area contributed by atoms with Crippen LogP contribution in [0.3, 0.4) is 0 Å². The van der Waals surface area contributed by atoms with Crippen molar-refractivity contribution in [2.24, 2.45) is 11.7 Å². The molecule has 0 aliphatic heterocycles. The minimum Gasteiger partial charge on any atom is -0.394 e. The molecule has 0 saturated heterocycles. The third-order valence-corrected chi connectivity index (χ3v) is 2.62. The summed E-state index contributed by atoms with van der Waals surface area (Å²) < 4.78 is 10.6. The second-order valence-corrected chi connectivity index (χ2v) is 3.99. The molecule has 0 aromatic carbocycles. The smallest absolute Gasteiger partial charge is 0.246 e. The van der Waals surface area contributed by atoms with Crippen LogP contribution in [0.25, 0.3) is 0 Å². The van der Waals surface area contributed by atoms with E-state index < -0.39 is 6.04 Å². The highest BCUT2D eigenvalue weighted by Gasteiger charge is 2.36. The monoisotopic (exact) mass is 227 g/mol. The Labute approximate surface area is 93.8 Å². The molecule has 0 radical (unpaired) electrons. The quantitative estimate of drug-likeness (QED) is 0.737. The number of rotatable bonds is 6. The molecular formula is C10H17N3O3. The second-order valence-electron chi connectivity index (χ2n) is 3.99. The first-order valence-corrected chi connectivity index (χ1v) is 5.57. The summed E-state index contributed by atoms with van der Waals surface area (Å²) in [5.41, 5.74) is 5.59. The molecule has 0 amide bonds. The fourth-order valence-corrected chi connectivity index (χ4v) is 1.59. The first-order valence-electron chi connectivity index (χ1n) is 5.57. The number of aliphatic hydroxyl groups excluding tert-OH is 1. The highest BCUT2D eigenvalue weighted by molar-refractivity contribution is 5.00. The Hall–Kier alpha value is -0.980. The van der Waals surface area contributed by atoms with E-state index in [2.05, 4.69) is 10.1 Å². The molecule has 1 aromatic heterocycles. The van der Waals surface area contributed by atoms with E-state index in [0.29, 0.717) is 18.3 Å². The lowest BCUT2D eigenvalue weighted by molar-refractivity contribution is 0.0384. The van der Waals surface area contributed by atoms with E-state index in [-0.39, 0.29) is 18.6 Å². The van der Waals surface area contributed by atoms with Gasteiger partial charge in [0.1, 0.15) is 12.1 Å². The molecule has 90 valence electrons. The predicted molar refractivity (Wildman–Crippen MR) is 55.4 cm³/mol. The second kappa shape index (κ2) is 4.90. The summed E-state index contributed by atoms with van der Waals surface area (Å²) in [7, 11) is 0. The lowest BCUT2D eigenvalue weighted by atomic mass is 10.2. The Morgan fingerprint density at radius 1 is 1.62 bits per heavy atom. The minimum atomic E-state index is -0.609. The van der Waals surface area contributed by atoms with E-state index in [4.69, 9.17) is 20.1 Å². The van der Waals surface area contributed by atoms with Gasteiger partial charge in [0, 0.05) is 6.61 Å². The van der Waals surface area contributed by atoms with Gasteiger partial charge < -0.3 is 20.1 Å². The first kappa shape index (κ1) is 11.5. The Kier molecular flexibility index (Phi) is 3.52. The van der Waals surface area contributed by atoms with Gasteiger partial charge in [-0.2, -0.15) is 4.98 Å². The Morgan fingerprint density at radius 3 is 2.94 bits per heavy atom. The third-order valence-electron chi connectivity index (χ3n) is 2.62. The lowest BCUT2D eigenvalue weighted by Crippen LogP contribution is -2.15. The summed E-state index contributed by atoms with van der Waals surface area (Å²) in [6.07, 6.45) is 2.19. The topological polar surface area (TPSA) is 94.4 Å². The summed E-state index contributed by atoms with van der Waals surface area (Å²) in [5, 5.41) is 12.7. The van der Waals surface area contributed by atoms with Crippen molar-refractivity contribution >= 4 is 0 Å².